The van der Waals surface area contributed by atoms with Crippen LogP contribution >= 0.6 is 0 Å². The zero-order valence-electron chi connectivity index (χ0n) is 13.1. The van der Waals surface area contributed by atoms with Crippen molar-refractivity contribution in [2.24, 2.45) is 0 Å². The first-order valence-electron chi connectivity index (χ1n) is 6.62. The third-order valence-electron chi connectivity index (χ3n) is 2.31. The first-order chi connectivity index (χ1) is 8.91. The van der Waals surface area contributed by atoms with Gasteiger partial charge in [0.05, 0.1) is 7.11 Å². The van der Waals surface area contributed by atoms with E-state index in [0.29, 0.717) is 0 Å². The van der Waals surface area contributed by atoms with Crippen molar-refractivity contribution < 1.29 is 17.9 Å². The fourth-order valence-electron chi connectivity index (χ4n) is 1.48. The third kappa shape index (κ3) is 4.44. The molecule has 4 heteroatoms. The van der Waals surface area contributed by atoms with E-state index in [1.807, 2.05) is 27.7 Å². The highest BCUT2D eigenvalue weighted by Gasteiger charge is 2.24. The van der Waals surface area contributed by atoms with Gasteiger partial charge in [0.15, 0.2) is 23.2 Å². The van der Waals surface area contributed by atoms with E-state index in [0.717, 1.165) is 0 Å². The molecule has 0 fully saturated rings. The number of rotatable bonds is 2. The highest BCUT2D eigenvalue weighted by atomic mass is 19.2. The van der Waals surface area contributed by atoms with Crippen LogP contribution in [0.2, 0.25) is 0 Å². The molecule has 0 amide bonds. The Morgan fingerprint density at radius 1 is 0.842 bits per heavy atom. The highest BCUT2D eigenvalue weighted by molar-refractivity contribution is 5.42. The Morgan fingerprint density at radius 2 is 1.26 bits per heavy atom. The highest BCUT2D eigenvalue weighted by Crippen LogP contribution is 2.35. The molecular weight excluding hydrogens is 253 g/mol. The largest absolute Gasteiger partial charge is 0.493 e. The standard InChI is InChI=1S/C11H13F3O.2C2H6/c1-5(2)7-10(14)8(12)6(3)9(13)11(7)15-4;2*1-2/h5H,1-4H3;2*1-2H3. The SMILES string of the molecule is CC.CC.COc1c(F)c(C)c(F)c(F)c1C(C)C. The molecule has 0 aromatic heterocycles. The van der Waals surface area contributed by atoms with E-state index in [1.54, 1.807) is 13.8 Å². The normalized spacial score (nSPS) is 9.26. The molecule has 0 spiro atoms. The Morgan fingerprint density at radius 3 is 1.58 bits per heavy atom. The van der Waals surface area contributed by atoms with Crippen LogP contribution in [0.1, 0.15) is 58.6 Å². The summed E-state index contributed by atoms with van der Waals surface area (Å²) < 4.78 is 45.1. The Labute approximate surface area is 114 Å². The Bertz CT molecular complexity index is 388. The first kappa shape index (κ1) is 20.1. The van der Waals surface area contributed by atoms with Crippen LogP contribution in [0.15, 0.2) is 0 Å². The Balaban J connectivity index is 0. The quantitative estimate of drug-likeness (QED) is 0.640. The lowest BCUT2D eigenvalue weighted by Gasteiger charge is -2.15. The van der Waals surface area contributed by atoms with E-state index in [2.05, 4.69) is 0 Å². The number of benzene rings is 1. The molecule has 0 saturated carbocycles. The van der Waals surface area contributed by atoms with Gasteiger partial charge in [0.1, 0.15) is 0 Å². The molecule has 19 heavy (non-hydrogen) atoms. The van der Waals surface area contributed by atoms with Crippen molar-refractivity contribution in [1.29, 1.82) is 0 Å². The first-order valence-corrected chi connectivity index (χ1v) is 6.62. The zero-order chi connectivity index (χ0) is 15.7. The predicted molar refractivity (Wildman–Crippen MR) is 74.4 cm³/mol. The minimum Gasteiger partial charge on any atom is -0.493 e. The average Bonchev–Trinajstić information content (AvgIpc) is 2.44. The summed E-state index contributed by atoms with van der Waals surface area (Å²) in [6.07, 6.45) is 0. The van der Waals surface area contributed by atoms with Crippen molar-refractivity contribution in [2.75, 3.05) is 7.11 Å². The van der Waals surface area contributed by atoms with Crippen LogP contribution in [0.3, 0.4) is 0 Å². The average molecular weight is 278 g/mol. The van der Waals surface area contributed by atoms with Gasteiger partial charge >= 0.3 is 0 Å². The molecule has 112 valence electrons. The lowest BCUT2D eigenvalue weighted by molar-refractivity contribution is 0.362. The number of hydrogen-bond acceptors (Lipinski definition) is 1. The van der Waals surface area contributed by atoms with Crippen LogP contribution in [0.5, 0.6) is 5.75 Å². The predicted octanol–water partition coefficient (Wildman–Crippen LogP) is 5.60. The molecule has 0 heterocycles. The molecule has 1 rings (SSSR count). The smallest absolute Gasteiger partial charge is 0.171 e. The van der Waals surface area contributed by atoms with Gasteiger partial charge in [0, 0.05) is 11.1 Å². The van der Waals surface area contributed by atoms with E-state index in [-0.39, 0.29) is 22.8 Å². The maximum Gasteiger partial charge on any atom is 0.171 e. The van der Waals surface area contributed by atoms with Gasteiger partial charge in [-0.3, -0.25) is 0 Å². The summed E-state index contributed by atoms with van der Waals surface area (Å²) in [7, 11) is 1.24. The lowest BCUT2D eigenvalue weighted by atomic mass is 9.98. The molecule has 0 aliphatic rings. The molecule has 0 radical (unpaired) electrons. The summed E-state index contributed by atoms with van der Waals surface area (Å²) >= 11 is 0. The van der Waals surface area contributed by atoms with Gasteiger partial charge < -0.3 is 4.74 Å². The van der Waals surface area contributed by atoms with Crippen molar-refractivity contribution >= 4 is 0 Å². The van der Waals surface area contributed by atoms with Crippen LogP contribution in [-0.4, -0.2) is 7.11 Å². The van der Waals surface area contributed by atoms with Gasteiger partial charge in [-0.2, -0.15) is 0 Å². The van der Waals surface area contributed by atoms with Crippen LogP contribution < -0.4 is 4.74 Å². The van der Waals surface area contributed by atoms with Crippen molar-refractivity contribution in [1.82, 2.24) is 0 Å². The molecule has 0 N–H and O–H groups in total. The van der Waals surface area contributed by atoms with Crippen molar-refractivity contribution in [3.8, 4) is 5.75 Å². The van der Waals surface area contributed by atoms with Crippen molar-refractivity contribution in [3.05, 3.63) is 28.6 Å². The van der Waals surface area contributed by atoms with Crippen LogP contribution in [0.25, 0.3) is 0 Å². The van der Waals surface area contributed by atoms with Crippen molar-refractivity contribution in [2.45, 2.75) is 54.4 Å². The summed E-state index contributed by atoms with van der Waals surface area (Å²) in [5.74, 6) is -3.55. The summed E-state index contributed by atoms with van der Waals surface area (Å²) in [6.45, 7) is 12.5. The zero-order valence-corrected chi connectivity index (χ0v) is 13.1. The number of methoxy groups -OCH3 is 1. The molecule has 0 atom stereocenters. The van der Waals surface area contributed by atoms with Gasteiger partial charge in [-0.15, -0.1) is 0 Å². The van der Waals surface area contributed by atoms with Crippen LogP contribution in [-0.2, 0) is 0 Å². The topological polar surface area (TPSA) is 9.23 Å². The fraction of sp³-hybridized carbons (Fsp3) is 0.600. The summed E-state index contributed by atoms with van der Waals surface area (Å²) in [5.41, 5.74) is -0.410. The minimum atomic E-state index is -1.14. The van der Waals surface area contributed by atoms with E-state index in [1.165, 1.54) is 14.0 Å². The van der Waals surface area contributed by atoms with E-state index in [4.69, 9.17) is 4.74 Å². The minimum absolute atomic E-state index is 0.0573. The van der Waals surface area contributed by atoms with Crippen LogP contribution in [0, 0.1) is 24.4 Å². The summed E-state index contributed by atoms with van der Waals surface area (Å²) in [6, 6.07) is 0. The monoisotopic (exact) mass is 278 g/mol. The van der Waals surface area contributed by atoms with E-state index >= 15 is 0 Å². The van der Waals surface area contributed by atoms with E-state index in [9.17, 15) is 13.2 Å². The number of hydrogen-bond donors (Lipinski definition) is 0. The molecule has 1 aromatic rings. The third-order valence-corrected chi connectivity index (χ3v) is 2.31. The fourth-order valence-corrected chi connectivity index (χ4v) is 1.48. The van der Waals surface area contributed by atoms with Gasteiger partial charge in [-0.25, -0.2) is 13.2 Å². The summed E-state index contributed by atoms with van der Waals surface area (Å²) in [5, 5.41) is 0. The van der Waals surface area contributed by atoms with Gasteiger partial charge in [0.2, 0.25) is 0 Å². The lowest BCUT2D eigenvalue weighted by Crippen LogP contribution is -2.06. The van der Waals surface area contributed by atoms with Crippen molar-refractivity contribution in [3.63, 3.8) is 0 Å². The molecule has 0 aliphatic carbocycles. The Hall–Kier alpha value is -1.19. The second-order valence-electron chi connectivity index (χ2n) is 3.67. The van der Waals surface area contributed by atoms with Gasteiger partial charge in [0.25, 0.3) is 0 Å². The molecule has 1 aromatic carbocycles. The van der Waals surface area contributed by atoms with E-state index < -0.39 is 17.5 Å². The van der Waals surface area contributed by atoms with Crippen LogP contribution in [0.4, 0.5) is 13.2 Å². The molecular formula is C15H25F3O. The second-order valence-corrected chi connectivity index (χ2v) is 3.67. The van der Waals surface area contributed by atoms with Gasteiger partial charge in [-0.05, 0) is 12.8 Å². The molecule has 1 nitrogen and oxygen atoms in total. The molecule has 0 bridgehead atoms. The number of ether oxygens (including phenoxy) is 1. The maximum atomic E-state index is 13.5. The molecule has 0 saturated heterocycles. The molecule has 0 aliphatic heterocycles. The van der Waals surface area contributed by atoms with Gasteiger partial charge in [-0.1, -0.05) is 41.5 Å². The molecule has 0 unspecified atom stereocenters. The summed E-state index contributed by atoms with van der Waals surface area (Å²) in [4.78, 5) is 0. The number of halogens is 3. The Kier molecular flexibility index (Phi) is 10.3. The maximum absolute atomic E-state index is 13.5. The second kappa shape index (κ2) is 9.70.